The zero-order valence-corrected chi connectivity index (χ0v) is 38.1. The maximum atomic E-state index is 10.4. The minimum absolute atomic E-state index is 0.108. The summed E-state index contributed by atoms with van der Waals surface area (Å²) in [4.78, 5) is 0. The van der Waals surface area contributed by atoms with Crippen molar-refractivity contribution < 1.29 is 4.74 Å². The Bertz CT molecular complexity index is 1880. The second kappa shape index (κ2) is 17.5. The van der Waals surface area contributed by atoms with Gasteiger partial charge in [0.15, 0.2) is 0 Å². The average molecular weight is 837 g/mol. The lowest BCUT2D eigenvalue weighted by atomic mass is 9.46. The van der Waals surface area contributed by atoms with Crippen LogP contribution in [0.2, 0.25) is 0 Å². The minimum Gasteiger partial charge on any atom is -0.370 e. The van der Waals surface area contributed by atoms with Gasteiger partial charge in [-0.1, -0.05) is 118 Å². The Kier molecular flexibility index (Phi) is 11.7. The largest absolute Gasteiger partial charge is 0.370 e. The van der Waals surface area contributed by atoms with Crippen LogP contribution in [-0.2, 0) is 4.74 Å². The second-order valence-electron chi connectivity index (χ2n) is 23.4. The molecule has 3 N–H and O–H groups in total. The molecule has 18 atom stereocenters. The number of allylic oxidation sites excluding steroid dienone is 9. The minimum atomic E-state index is 0.108. The van der Waals surface area contributed by atoms with Gasteiger partial charge in [-0.2, -0.15) is 5.26 Å². The third kappa shape index (κ3) is 7.11. The van der Waals surface area contributed by atoms with E-state index in [4.69, 9.17) is 4.74 Å². The van der Waals surface area contributed by atoms with Gasteiger partial charge in [0.1, 0.15) is 0 Å². The van der Waals surface area contributed by atoms with Gasteiger partial charge in [0.25, 0.3) is 0 Å². The van der Waals surface area contributed by atoms with Gasteiger partial charge in [-0.15, -0.1) is 0 Å². The molecule has 2 saturated heterocycles. The van der Waals surface area contributed by atoms with Gasteiger partial charge in [-0.05, 0) is 173 Å². The number of ether oxygens (including phenoxy) is 1. The highest BCUT2D eigenvalue weighted by Gasteiger charge is 2.68. The summed E-state index contributed by atoms with van der Waals surface area (Å²) in [6, 6.07) is 2.62. The molecule has 62 heavy (non-hydrogen) atoms. The SMILES string of the molecule is N#CC1=CC2C(C=C1)OC1CCC(C3C=CC(C4NC(C5CC=CCC5)NC(C5CCCCC5C5CCCCC5)N4)CC3)CC1C21C2=C(C=CCC2)C2C3CCCCC3CCC21. The van der Waals surface area contributed by atoms with Crippen molar-refractivity contribution in [3.8, 4) is 6.07 Å². The number of nitrogens with one attached hydrogen (secondary N) is 3. The van der Waals surface area contributed by atoms with Gasteiger partial charge < -0.3 is 4.74 Å². The standard InChI is InChI=1S/C57H80N4O/c58-35-36-23-31-51-49(33-36)57(47-22-12-11-21-46(47)53-44-19-8-7-15-39(44)28-30-48(53)57)50-34-42(29-32-52(50)62-51)37-24-26-41(27-25-37)55-59-54(40-16-5-2-6-17-40)60-56(61-55)45-20-10-9-18-43(45)38-13-3-1-4-14-38/h2,5,11,21,23-24,26,31,33,37-45,48-56,59-61H,1,3-4,6-10,12-20,22,25,27-30,32,34H2. The molecule has 0 bridgehead atoms. The van der Waals surface area contributed by atoms with Crippen molar-refractivity contribution >= 4 is 0 Å². The molecule has 1 spiro atoms. The molecule has 2 aliphatic heterocycles. The zero-order chi connectivity index (χ0) is 41.2. The number of fused-ring (bicyclic) bond motifs is 10. The summed E-state index contributed by atoms with van der Waals surface area (Å²) < 4.78 is 7.31. The summed E-state index contributed by atoms with van der Waals surface area (Å²) in [7, 11) is 0. The van der Waals surface area contributed by atoms with Crippen molar-refractivity contribution in [3.05, 3.63) is 71.4 Å². The highest BCUT2D eigenvalue weighted by Crippen LogP contribution is 2.72. The molecule has 5 saturated carbocycles. The van der Waals surface area contributed by atoms with Crippen molar-refractivity contribution in [1.82, 2.24) is 16.0 Å². The van der Waals surface area contributed by atoms with Crippen LogP contribution in [0.4, 0.5) is 0 Å². The van der Waals surface area contributed by atoms with Crippen LogP contribution < -0.4 is 16.0 Å². The molecule has 10 aliphatic carbocycles. The Hall–Kier alpha value is -2.23. The molecule has 0 amide bonds. The Balaban J connectivity index is 0.820. The van der Waals surface area contributed by atoms with E-state index in [1.165, 1.54) is 161 Å². The molecule has 2 heterocycles. The quantitative estimate of drug-likeness (QED) is 0.241. The number of nitrogens with zero attached hydrogens (tertiary/aromatic N) is 1. The molecule has 12 aliphatic rings. The molecular weight excluding hydrogens is 757 g/mol. The molecule has 0 aromatic heterocycles. The van der Waals surface area contributed by atoms with Gasteiger partial charge in [0, 0.05) is 22.8 Å². The van der Waals surface area contributed by atoms with E-state index >= 15 is 0 Å². The Labute approximate surface area is 375 Å². The Morgan fingerprint density at radius 1 is 0.581 bits per heavy atom. The molecule has 0 aromatic rings. The Morgan fingerprint density at radius 3 is 2.15 bits per heavy atom. The van der Waals surface area contributed by atoms with Crippen molar-refractivity contribution in [2.75, 3.05) is 0 Å². The summed E-state index contributed by atoms with van der Waals surface area (Å²) in [6.45, 7) is 0. The Morgan fingerprint density at radius 2 is 1.32 bits per heavy atom. The van der Waals surface area contributed by atoms with Crippen LogP contribution in [0.25, 0.3) is 0 Å². The fraction of sp³-hybridized carbons (Fsp3) is 0.772. The molecule has 334 valence electrons. The average Bonchev–Trinajstić information content (AvgIpc) is 3.65. The molecular formula is C57H80N4O. The lowest BCUT2D eigenvalue weighted by Gasteiger charge is -2.62. The molecule has 7 fully saturated rings. The van der Waals surface area contributed by atoms with Crippen LogP contribution in [0.15, 0.2) is 71.4 Å². The van der Waals surface area contributed by atoms with Crippen LogP contribution >= 0.6 is 0 Å². The first-order chi connectivity index (χ1) is 30.7. The number of nitriles is 1. The maximum absolute atomic E-state index is 10.4. The smallest absolute Gasteiger partial charge is 0.0988 e. The van der Waals surface area contributed by atoms with Crippen molar-refractivity contribution in [2.24, 2.45) is 82.3 Å². The van der Waals surface area contributed by atoms with Gasteiger partial charge in [-0.25, -0.2) is 0 Å². The van der Waals surface area contributed by atoms with Crippen LogP contribution in [0, 0.1) is 93.7 Å². The van der Waals surface area contributed by atoms with Crippen molar-refractivity contribution in [2.45, 2.75) is 191 Å². The van der Waals surface area contributed by atoms with Gasteiger partial charge in [-0.3, -0.25) is 16.0 Å². The highest BCUT2D eigenvalue weighted by atomic mass is 16.5. The second-order valence-corrected chi connectivity index (χ2v) is 23.4. The monoisotopic (exact) mass is 837 g/mol. The van der Waals surface area contributed by atoms with Crippen molar-refractivity contribution in [3.63, 3.8) is 0 Å². The highest BCUT2D eigenvalue weighted by molar-refractivity contribution is 5.49. The third-order valence-corrected chi connectivity index (χ3v) is 20.9. The van der Waals surface area contributed by atoms with E-state index < -0.39 is 0 Å². The zero-order valence-electron chi connectivity index (χ0n) is 38.1. The molecule has 5 nitrogen and oxygen atoms in total. The van der Waals surface area contributed by atoms with E-state index in [-0.39, 0.29) is 11.5 Å². The van der Waals surface area contributed by atoms with E-state index in [9.17, 15) is 5.26 Å². The van der Waals surface area contributed by atoms with Crippen LogP contribution in [0.3, 0.4) is 0 Å². The lowest BCUT2D eigenvalue weighted by molar-refractivity contribution is -0.193. The third-order valence-electron chi connectivity index (χ3n) is 20.9. The predicted molar refractivity (Wildman–Crippen MR) is 250 cm³/mol. The number of rotatable bonds is 5. The van der Waals surface area contributed by atoms with Gasteiger partial charge >= 0.3 is 0 Å². The summed E-state index contributed by atoms with van der Waals surface area (Å²) in [5, 5.41) is 23.3. The predicted octanol–water partition coefficient (Wildman–Crippen LogP) is 12.4. The van der Waals surface area contributed by atoms with Gasteiger partial charge in [0.2, 0.25) is 0 Å². The van der Waals surface area contributed by atoms with Crippen LogP contribution in [-0.4, -0.2) is 30.7 Å². The molecule has 5 heteroatoms. The normalized spacial score (nSPS) is 49.0. The summed E-state index contributed by atoms with van der Waals surface area (Å²) >= 11 is 0. The molecule has 0 aromatic carbocycles. The number of hydrogen-bond donors (Lipinski definition) is 3. The van der Waals surface area contributed by atoms with Crippen molar-refractivity contribution in [1.29, 1.82) is 5.26 Å². The van der Waals surface area contributed by atoms with Gasteiger partial charge in [0.05, 0.1) is 36.8 Å². The van der Waals surface area contributed by atoms with Crippen LogP contribution in [0.1, 0.15) is 161 Å². The fourth-order valence-electron chi connectivity index (χ4n) is 18.4. The topological polar surface area (TPSA) is 69.1 Å². The lowest BCUT2D eigenvalue weighted by Crippen LogP contribution is -2.73. The van der Waals surface area contributed by atoms with Crippen LogP contribution in [0.5, 0.6) is 0 Å². The first-order valence-corrected chi connectivity index (χ1v) is 27.1. The molecule has 12 rings (SSSR count). The van der Waals surface area contributed by atoms with E-state index in [0.717, 1.165) is 47.0 Å². The summed E-state index contributed by atoms with van der Waals surface area (Å²) in [5.74, 6) is 9.23. The fourth-order valence-corrected chi connectivity index (χ4v) is 18.4. The summed E-state index contributed by atoms with van der Waals surface area (Å²) in [6.07, 6.45) is 58.2. The molecule has 0 radical (unpaired) electrons. The summed E-state index contributed by atoms with van der Waals surface area (Å²) in [5.41, 5.74) is 4.63. The van der Waals surface area contributed by atoms with E-state index in [2.05, 4.69) is 76.7 Å². The van der Waals surface area contributed by atoms with E-state index in [0.29, 0.717) is 60.1 Å². The van der Waals surface area contributed by atoms with E-state index in [1.807, 2.05) is 5.57 Å². The first kappa shape index (κ1) is 41.2. The van der Waals surface area contributed by atoms with E-state index in [1.54, 1.807) is 5.57 Å². The molecule has 18 unspecified atom stereocenters. The number of hydrogen-bond acceptors (Lipinski definition) is 5. The maximum Gasteiger partial charge on any atom is 0.0988 e. The first-order valence-electron chi connectivity index (χ1n) is 27.1.